The van der Waals surface area contributed by atoms with Gasteiger partial charge in [0.2, 0.25) is 0 Å². The molecule has 0 spiro atoms. The Balaban J connectivity index is 2.35. The summed E-state index contributed by atoms with van der Waals surface area (Å²) in [6, 6.07) is 4.56. The molecule has 3 aromatic heterocycles. The average Bonchev–Trinajstić information content (AvgIpc) is 2.97. The molecule has 7 heteroatoms. The molecule has 3 heterocycles. The summed E-state index contributed by atoms with van der Waals surface area (Å²) in [5.41, 5.74) is 0.356. The monoisotopic (exact) mass is 283 g/mol. The van der Waals surface area contributed by atoms with Crippen molar-refractivity contribution in [2.24, 2.45) is 0 Å². The molecule has 0 N–H and O–H groups in total. The third kappa shape index (κ3) is 1.99. The SMILES string of the molecule is Cc1cnn2c(C(F)(F)F)cc(-c3cccs3)nc12. The Kier molecular flexibility index (Phi) is 2.60. The fourth-order valence-electron chi connectivity index (χ4n) is 1.83. The van der Waals surface area contributed by atoms with Gasteiger partial charge in [0, 0.05) is 5.56 Å². The molecule has 0 aliphatic rings. The lowest BCUT2D eigenvalue weighted by Gasteiger charge is -2.10. The molecule has 3 nitrogen and oxygen atoms in total. The van der Waals surface area contributed by atoms with Crippen molar-refractivity contribution in [1.29, 1.82) is 0 Å². The highest BCUT2D eigenvalue weighted by Crippen LogP contribution is 2.33. The summed E-state index contributed by atoms with van der Waals surface area (Å²) < 4.78 is 40.0. The number of halogens is 3. The average molecular weight is 283 g/mol. The van der Waals surface area contributed by atoms with Crippen molar-refractivity contribution < 1.29 is 13.2 Å². The molecular formula is C12H8F3N3S. The van der Waals surface area contributed by atoms with E-state index in [1.807, 2.05) is 0 Å². The molecule has 0 radical (unpaired) electrons. The lowest BCUT2D eigenvalue weighted by molar-refractivity contribution is -0.142. The van der Waals surface area contributed by atoms with E-state index in [0.29, 0.717) is 16.1 Å². The van der Waals surface area contributed by atoms with Crippen LogP contribution in [0.25, 0.3) is 16.2 Å². The zero-order valence-corrected chi connectivity index (χ0v) is 10.6. The summed E-state index contributed by atoms with van der Waals surface area (Å²) >= 11 is 1.35. The van der Waals surface area contributed by atoms with E-state index >= 15 is 0 Å². The summed E-state index contributed by atoms with van der Waals surface area (Å²) in [6.07, 6.45) is -3.08. The molecule has 3 rings (SSSR count). The van der Waals surface area contributed by atoms with E-state index in [1.54, 1.807) is 24.4 Å². The molecule has 0 amide bonds. The highest BCUT2D eigenvalue weighted by atomic mass is 32.1. The largest absolute Gasteiger partial charge is 0.433 e. The minimum atomic E-state index is -4.47. The minimum absolute atomic E-state index is 0.234. The molecule has 0 aliphatic carbocycles. The molecule has 0 fully saturated rings. The Morgan fingerprint density at radius 2 is 2.11 bits per heavy atom. The van der Waals surface area contributed by atoms with E-state index < -0.39 is 11.9 Å². The lowest BCUT2D eigenvalue weighted by atomic mass is 10.2. The Labute approximate surface area is 110 Å². The van der Waals surface area contributed by atoms with Crippen LogP contribution >= 0.6 is 11.3 Å². The Morgan fingerprint density at radius 1 is 1.32 bits per heavy atom. The van der Waals surface area contributed by atoms with Crippen molar-refractivity contribution in [1.82, 2.24) is 14.6 Å². The summed E-state index contributed by atoms with van der Waals surface area (Å²) in [4.78, 5) is 4.96. The molecule has 0 saturated heterocycles. The second-order valence-electron chi connectivity index (χ2n) is 4.06. The second-order valence-corrected chi connectivity index (χ2v) is 5.01. The van der Waals surface area contributed by atoms with Gasteiger partial charge < -0.3 is 0 Å². The van der Waals surface area contributed by atoms with Crippen LogP contribution in [-0.2, 0) is 6.18 Å². The first-order valence-corrected chi connectivity index (χ1v) is 6.31. The smallest absolute Gasteiger partial charge is 0.227 e. The number of hydrogen-bond donors (Lipinski definition) is 0. The van der Waals surface area contributed by atoms with Crippen LogP contribution in [-0.4, -0.2) is 14.6 Å². The number of fused-ring (bicyclic) bond motifs is 1. The maximum absolute atomic E-state index is 13.1. The predicted octanol–water partition coefficient (Wildman–Crippen LogP) is 3.79. The summed E-state index contributed by atoms with van der Waals surface area (Å²) in [7, 11) is 0. The van der Waals surface area contributed by atoms with Crippen LogP contribution in [0.15, 0.2) is 29.8 Å². The third-order valence-corrected chi connectivity index (χ3v) is 3.60. The van der Waals surface area contributed by atoms with Crippen LogP contribution < -0.4 is 0 Å². The number of nitrogens with zero attached hydrogens (tertiary/aromatic N) is 3. The minimum Gasteiger partial charge on any atom is -0.227 e. The molecule has 0 saturated carbocycles. The molecule has 0 aromatic carbocycles. The van der Waals surface area contributed by atoms with Crippen LogP contribution in [0.4, 0.5) is 13.2 Å². The van der Waals surface area contributed by atoms with Gasteiger partial charge in [0.1, 0.15) is 0 Å². The highest BCUT2D eigenvalue weighted by Gasteiger charge is 2.35. The molecular weight excluding hydrogens is 275 g/mol. The molecule has 0 atom stereocenters. The zero-order chi connectivity index (χ0) is 13.6. The zero-order valence-electron chi connectivity index (χ0n) is 9.77. The molecule has 3 aromatic rings. The number of alkyl halides is 3. The van der Waals surface area contributed by atoms with Gasteiger partial charge in [-0.2, -0.15) is 18.3 Å². The summed E-state index contributed by atoms with van der Waals surface area (Å²) in [5.74, 6) is 0. The van der Waals surface area contributed by atoms with Crippen molar-refractivity contribution in [3.8, 4) is 10.6 Å². The van der Waals surface area contributed by atoms with Gasteiger partial charge in [-0.05, 0) is 24.4 Å². The van der Waals surface area contributed by atoms with Gasteiger partial charge in [0.05, 0.1) is 16.8 Å². The lowest BCUT2D eigenvalue weighted by Crippen LogP contribution is -2.13. The third-order valence-electron chi connectivity index (χ3n) is 2.71. The predicted molar refractivity (Wildman–Crippen MR) is 66.0 cm³/mol. The van der Waals surface area contributed by atoms with E-state index in [-0.39, 0.29) is 5.65 Å². The van der Waals surface area contributed by atoms with Gasteiger partial charge in [-0.1, -0.05) is 6.07 Å². The van der Waals surface area contributed by atoms with Crippen molar-refractivity contribution in [3.63, 3.8) is 0 Å². The van der Waals surface area contributed by atoms with Crippen molar-refractivity contribution >= 4 is 17.0 Å². The van der Waals surface area contributed by atoms with Crippen LogP contribution in [0.3, 0.4) is 0 Å². The molecule has 0 bridgehead atoms. The quantitative estimate of drug-likeness (QED) is 0.680. The van der Waals surface area contributed by atoms with E-state index in [4.69, 9.17) is 0 Å². The van der Waals surface area contributed by atoms with Gasteiger partial charge in [0.15, 0.2) is 11.3 Å². The van der Waals surface area contributed by atoms with E-state index in [9.17, 15) is 13.2 Å². The first kappa shape index (κ1) is 12.2. The first-order valence-electron chi connectivity index (χ1n) is 5.43. The van der Waals surface area contributed by atoms with Crippen molar-refractivity contribution in [3.05, 3.63) is 41.0 Å². The molecule has 0 aliphatic heterocycles. The summed E-state index contributed by atoms with van der Waals surface area (Å²) in [6.45, 7) is 1.69. The Hall–Kier alpha value is -1.89. The fraction of sp³-hybridized carbons (Fsp3) is 0.167. The van der Waals surface area contributed by atoms with Gasteiger partial charge in [-0.3, -0.25) is 0 Å². The van der Waals surface area contributed by atoms with Crippen LogP contribution in [0.5, 0.6) is 0 Å². The fourth-order valence-corrected chi connectivity index (χ4v) is 2.51. The molecule has 0 unspecified atom stereocenters. The standard InChI is InChI=1S/C12H8F3N3S/c1-7-6-16-18-10(12(13,14)15)5-8(17-11(7)18)9-3-2-4-19-9/h2-6H,1H3. The highest BCUT2D eigenvalue weighted by molar-refractivity contribution is 7.13. The molecule has 98 valence electrons. The van der Waals surface area contributed by atoms with Gasteiger partial charge >= 0.3 is 6.18 Å². The Morgan fingerprint density at radius 3 is 2.74 bits per heavy atom. The number of hydrogen-bond acceptors (Lipinski definition) is 3. The van der Waals surface area contributed by atoms with Crippen molar-refractivity contribution in [2.45, 2.75) is 13.1 Å². The van der Waals surface area contributed by atoms with Gasteiger partial charge in [0.25, 0.3) is 0 Å². The van der Waals surface area contributed by atoms with Crippen LogP contribution in [0.1, 0.15) is 11.3 Å². The normalized spacial score (nSPS) is 12.2. The maximum atomic E-state index is 13.1. The Bertz CT molecular complexity index is 729. The van der Waals surface area contributed by atoms with Crippen molar-refractivity contribution in [2.75, 3.05) is 0 Å². The number of rotatable bonds is 1. The molecule has 19 heavy (non-hydrogen) atoms. The van der Waals surface area contributed by atoms with Gasteiger partial charge in [-0.25, -0.2) is 9.50 Å². The van der Waals surface area contributed by atoms with E-state index in [0.717, 1.165) is 10.6 Å². The van der Waals surface area contributed by atoms with Crippen LogP contribution in [0, 0.1) is 6.92 Å². The van der Waals surface area contributed by atoms with E-state index in [2.05, 4.69) is 10.1 Å². The van der Waals surface area contributed by atoms with Gasteiger partial charge in [-0.15, -0.1) is 11.3 Å². The van der Waals surface area contributed by atoms with E-state index in [1.165, 1.54) is 17.5 Å². The number of aryl methyl sites for hydroxylation is 1. The summed E-state index contributed by atoms with van der Waals surface area (Å²) in [5, 5.41) is 5.55. The second kappa shape index (κ2) is 4.06. The maximum Gasteiger partial charge on any atom is 0.433 e. The number of thiophene rings is 1. The van der Waals surface area contributed by atoms with Crippen LogP contribution in [0.2, 0.25) is 0 Å². The topological polar surface area (TPSA) is 30.2 Å². The first-order chi connectivity index (χ1) is 8.97. The number of aromatic nitrogens is 3.